The average molecular weight is 358 g/mol. The first kappa shape index (κ1) is 15.7. The summed E-state index contributed by atoms with van der Waals surface area (Å²) in [6.07, 6.45) is 1.80. The van der Waals surface area contributed by atoms with Gasteiger partial charge in [0.25, 0.3) is 0 Å². The number of aryl methyl sites for hydroxylation is 2. The Balaban J connectivity index is 1.45. The van der Waals surface area contributed by atoms with E-state index in [4.69, 9.17) is 4.52 Å². The Hall–Kier alpha value is -3.48. The zero-order valence-corrected chi connectivity index (χ0v) is 15.1. The van der Waals surface area contributed by atoms with Gasteiger partial charge in [-0.15, -0.1) is 0 Å². The minimum Gasteiger partial charge on any atom is -0.361 e. The molecule has 1 aliphatic heterocycles. The van der Waals surface area contributed by atoms with Crippen LogP contribution < -0.4 is 5.32 Å². The van der Waals surface area contributed by atoms with Crippen LogP contribution in [0, 0.1) is 13.8 Å². The van der Waals surface area contributed by atoms with Gasteiger partial charge in [0.1, 0.15) is 17.3 Å². The number of benzene rings is 1. The van der Waals surface area contributed by atoms with Gasteiger partial charge in [-0.1, -0.05) is 5.16 Å². The average Bonchev–Trinajstić information content (AvgIpc) is 3.35. The molecule has 3 aromatic heterocycles. The molecule has 4 heterocycles. The van der Waals surface area contributed by atoms with Gasteiger partial charge in [0.2, 0.25) is 0 Å². The minimum atomic E-state index is 0.584. The Morgan fingerprint density at radius 2 is 2.11 bits per heavy atom. The Labute approximate surface area is 155 Å². The van der Waals surface area contributed by atoms with Crippen molar-refractivity contribution >= 4 is 22.4 Å². The van der Waals surface area contributed by atoms with E-state index in [1.165, 1.54) is 0 Å². The van der Waals surface area contributed by atoms with Gasteiger partial charge in [-0.25, -0.2) is 0 Å². The summed E-state index contributed by atoms with van der Waals surface area (Å²) >= 11 is 0. The van der Waals surface area contributed by atoms with Crippen molar-refractivity contribution in [3.63, 3.8) is 0 Å². The quantitative estimate of drug-likeness (QED) is 0.606. The van der Waals surface area contributed by atoms with Gasteiger partial charge in [0, 0.05) is 28.9 Å². The molecule has 134 valence electrons. The number of pyridine rings is 1. The van der Waals surface area contributed by atoms with Crippen molar-refractivity contribution in [2.45, 2.75) is 26.9 Å². The summed E-state index contributed by atoms with van der Waals surface area (Å²) in [5.41, 5.74) is 5.96. The first-order valence-corrected chi connectivity index (χ1v) is 8.82. The molecule has 4 aromatic rings. The van der Waals surface area contributed by atoms with Crippen molar-refractivity contribution in [2.75, 3.05) is 5.32 Å². The summed E-state index contributed by atoms with van der Waals surface area (Å²) in [6, 6.07) is 12.1. The lowest BCUT2D eigenvalue weighted by molar-refractivity contribution is 0.388. The van der Waals surface area contributed by atoms with Gasteiger partial charge in [-0.2, -0.15) is 5.10 Å². The standard InChI is InChI=1S/C20H18N6O/c1-12-8-15(25-27-12)11-26-19-6-5-14(9-17(19)13(2)24-26)23-20-16-4-3-7-21-18(16)10-22-20/h3-9H,10-11H2,1-2H3,(H,22,23). The van der Waals surface area contributed by atoms with E-state index in [0.717, 1.165) is 50.8 Å². The van der Waals surface area contributed by atoms with Crippen LogP contribution in [0.3, 0.4) is 0 Å². The van der Waals surface area contributed by atoms with Crippen molar-refractivity contribution < 1.29 is 4.52 Å². The number of aliphatic imine (C=N–C) groups is 1. The van der Waals surface area contributed by atoms with E-state index >= 15 is 0 Å². The number of hydrogen-bond acceptors (Lipinski definition) is 6. The lowest BCUT2D eigenvalue weighted by Crippen LogP contribution is -2.11. The highest BCUT2D eigenvalue weighted by molar-refractivity contribution is 6.10. The van der Waals surface area contributed by atoms with Crippen LogP contribution in [0.4, 0.5) is 5.69 Å². The maximum Gasteiger partial charge on any atom is 0.135 e. The number of rotatable bonds is 3. The number of fused-ring (bicyclic) bond motifs is 2. The van der Waals surface area contributed by atoms with Crippen molar-refractivity contribution in [3.05, 3.63) is 71.0 Å². The highest BCUT2D eigenvalue weighted by Crippen LogP contribution is 2.25. The molecule has 0 saturated carbocycles. The minimum absolute atomic E-state index is 0.584. The van der Waals surface area contributed by atoms with E-state index in [2.05, 4.69) is 37.7 Å². The van der Waals surface area contributed by atoms with Crippen molar-refractivity contribution in [2.24, 2.45) is 4.99 Å². The molecule has 0 aliphatic carbocycles. The van der Waals surface area contributed by atoms with Crippen LogP contribution in [0.2, 0.25) is 0 Å². The lowest BCUT2D eigenvalue weighted by Gasteiger charge is -2.08. The monoisotopic (exact) mass is 358 g/mol. The molecule has 27 heavy (non-hydrogen) atoms. The highest BCUT2D eigenvalue weighted by atomic mass is 16.5. The van der Waals surface area contributed by atoms with Gasteiger partial charge in [0.15, 0.2) is 0 Å². The van der Waals surface area contributed by atoms with Crippen LogP contribution in [0.5, 0.6) is 0 Å². The van der Waals surface area contributed by atoms with Crippen LogP contribution in [0.25, 0.3) is 10.9 Å². The molecule has 5 rings (SSSR count). The molecular weight excluding hydrogens is 340 g/mol. The molecule has 7 heteroatoms. The normalized spacial score (nSPS) is 13.0. The topological polar surface area (TPSA) is 81.1 Å². The third-order valence-electron chi connectivity index (χ3n) is 4.72. The van der Waals surface area contributed by atoms with E-state index < -0.39 is 0 Å². The molecule has 0 atom stereocenters. The second kappa shape index (κ2) is 6.05. The number of anilines is 1. The molecular formula is C20H18N6O. The number of aromatic nitrogens is 4. The lowest BCUT2D eigenvalue weighted by atomic mass is 10.1. The number of hydrogen-bond donors (Lipinski definition) is 1. The zero-order chi connectivity index (χ0) is 18.4. The second-order valence-electron chi connectivity index (χ2n) is 6.69. The van der Waals surface area contributed by atoms with Crippen LogP contribution >= 0.6 is 0 Å². The largest absolute Gasteiger partial charge is 0.361 e. The Morgan fingerprint density at radius 3 is 2.96 bits per heavy atom. The molecule has 0 unspecified atom stereocenters. The number of nitrogens with zero attached hydrogens (tertiary/aromatic N) is 5. The molecule has 7 nitrogen and oxygen atoms in total. The molecule has 0 radical (unpaired) electrons. The second-order valence-corrected chi connectivity index (χ2v) is 6.69. The molecule has 1 N–H and O–H groups in total. The first-order valence-electron chi connectivity index (χ1n) is 8.82. The Morgan fingerprint density at radius 1 is 1.19 bits per heavy atom. The van der Waals surface area contributed by atoms with Crippen LogP contribution in [0.1, 0.15) is 28.4 Å². The predicted octanol–water partition coefficient (Wildman–Crippen LogP) is 3.46. The molecule has 0 spiro atoms. The summed E-state index contributed by atoms with van der Waals surface area (Å²) in [5.74, 6) is 1.66. The fourth-order valence-corrected chi connectivity index (χ4v) is 3.45. The third kappa shape index (κ3) is 2.77. The van der Waals surface area contributed by atoms with Gasteiger partial charge >= 0.3 is 0 Å². The fourth-order valence-electron chi connectivity index (χ4n) is 3.45. The zero-order valence-electron chi connectivity index (χ0n) is 15.1. The van der Waals surface area contributed by atoms with E-state index in [0.29, 0.717) is 13.1 Å². The molecule has 0 amide bonds. The van der Waals surface area contributed by atoms with E-state index in [1.807, 2.05) is 42.8 Å². The summed E-state index contributed by atoms with van der Waals surface area (Å²) in [4.78, 5) is 8.95. The van der Waals surface area contributed by atoms with Crippen LogP contribution in [-0.4, -0.2) is 25.8 Å². The summed E-state index contributed by atoms with van der Waals surface area (Å²) in [5, 5.41) is 13.3. The smallest absolute Gasteiger partial charge is 0.135 e. The SMILES string of the molecule is Cc1cc(Cn2nc(C)c3cc(NC4=NCc5ncccc54)ccc32)no1. The van der Waals surface area contributed by atoms with Crippen LogP contribution in [-0.2, 0) is 13.1 Å². The maximum atomic E-state index is 5.16. The molecule has 1 aromatic carbocycles. The van der Waals surface area contributed by atoms with Gasteiger partial charge in [-0.05, 0) is 44.2 Å². The summed E-state index contributed by atoms with van der Waals surface area (Å²) < 4.78 is 7.11. The van der Waals surface area contributed by atoms with E-state index in [9.17, 15) is 0 Å². The Bertz CT molecular complexity index is 1190. The van der Waals surface area contributed by atoms with E-state index in [1.54, 1.807) is 6.20 Å². The third-order valence-corrected chi connectivity index (χ3v) is 4.72. The molecule has 0 saturated heterocycles. The molecule has 0 bridgehead atoms. The van der Waals surface area contributed by atoms with Crippen molar-refractivity contribution in [1.29, 1.82) is 0 Å². The first-order chi connectivity index (χ1) is 13.2. The van der Waals surface area contributed by atoms with Gasteiger partial charge in [-0.3, -0.25) is 14.7 Å². The van der Waals surface area contributed by atoms with Crippen molar-refractivity contribution in [3.8, 4) is 0 Å². The maximum absolute atomic E-state index is 5.16. The summed E-state index contributed by atoms with van der Waals surface area (Å²) in [7, 11) is 0. The van der Waals surface area contributed by atoms with E-state index in [-0.39, 0.29) is 0 Å². The fraction of sp³-hybridized carbons (Fsp3) is 0.200. The van der Waals surface area contributed by atoms with Gasteiger partial charge < -0.3 is 9.84 Å². The highest BCUT2D eigenvalue weighted by Gasteiger charge is 2.17. The van der Waals surface area contributed by atoms with Crippen LogP contribution in [0.15, 0.2) is 52.1 Å². The number of amidine groups is 1. The molecule has 1 aliphatic rings. The Kier molecular flexibility index (Phi) is 3.53. The van der Waals surface area contributed by atoms with Gasteiger partial charge in [0.05, 0.1) is 30.0 Å². The predicted molar refractivity (Wildman–Crippen MR) is 103 cm³/mol. The molecule has 0 fully saturated rings. The number of nitrogens with one attached hydrogen (secondary N) is 1. The summed E-state index contributed by atoms with van der Waals surface area (Å²) in [6.45, 7) is 5.11. The van der Waals surface area contributed by atoms with Crippen molar-refractivity contribution in [1.82, 2.24) is 19.9 Å².